The molecule has 82 valence electrons. The highest BCUT2D eigenvalue weighted by Gasteiger charge is 2.10. The van der Waals surface area contributed by atoms with Crippen LogP contribution in [0, 0.1) is 6.92 Å². The Kier molecular flexibility index (Phi) is 3.36. The maximum Gasteiger partial charge on any atom is 0.168 e. The molecule has 0 saturated carbocycles. The summed E-state index contributed by atoms with van der Waals surface area (Å²) >= 11 is 7.26. The third-order valence-electron chi connectivity index (χ3n) is 2.28. The molecule has 2 nitrogen and oxygen atoms in total. The highest BCUT2D eigenvalue weighted by molar-refractivity contribution is 7.16. The molecule has 2 heterocycles. The highest BCUT2D eigenvalue weighted by Crippen LogP contribution is 2.23. The molecule has 16 heavy (non-hydrogen) atoms. The lowest BCUT2D eigenvalue weighted by molar-refractivity contribution is 0.0993. The first-order chi connectivity index (χ1) is 7.66. The molecule has 0 N–H and O–H groups in total. The first-order valence-electron chi connectivity index (χ1n) is 4.85. The largest absolute Gasteiger partial charge is 0.294 e. The molecule has 0 unspecified atom stereocenters. The summed E-state index contributed by atoms with van der Waals surface area (Å²) in [6.07, 6.45) is 3.75. The second kappa shape index (κ2) is 4.76. The molecule has 2 aromatic heterocycles. The van der Waals surface area contributed by atoms with Crippen molar-refractivity contribution in [2.75, 3.05) is 0 Å². The quantitative estimate of drug-likeness (QED) is 0.781. The molecule has 0 radical (unpaired) electrons. The standard InChI is InChI=1S/C12H10ClNOS/c1-8-7-14-5-4-10(8)11(15)6-9-2-3-12(13)16-9/h2-5,7H,6H2,1H3. The van der Waals surface area contributed by atoms with Crippen molar-refractivity contribution < 1.29 is 4.79 Å². The van der Waals surface area contributed by atoms with Gasteiger partial charge in [0.05, 0.1) is 4.34 Å². The van der Waals surface area contributed by atoms with E-state index in [1.807, 2.05) is 19.1 Å². The zero-order valence-electron chi connectivity index (χ0n) is 8.74. The second-order valence-electron chi connectivity index (χ2n) is 3.50. The van der Waals surface area contributed by atoms with Gasteiger partial charge < -0.3 is 0 Å². The number of carbonyl (C=O) groups excluding carboxylic acids is 1. The van der Waals surface area contributed by atoms with Gasteiger partial charge in [-0.1, -0.05) is 11.6 Å². The Morgan fingerprint density at radius 1 is 1.44 bits per heavy atom. The molecule has 0 saturated heterocycles. The third-order valence-corrected chi connectivity index (χ3v) is 3.52. The lowest BCUT2D eigenvalue weighted by atomic mass is 10.0. The van der Waals surface area contributed by atoms with Gasteiger partial charge in [0.1, 0.15) is 0 Å². The summed E-state index contributed by atoms with van der Waals surface area (Å²) in [7, 11) is 0. The van der Waals surface area contributed by atoms with Crippen LogP contribution in [-0.2, 0) is 6.42 Å². The number of pyridine rings is 1. The Labute approximate surface area is 103 Å². The molecular formula is C12H10ClNOS. The summed E-state index contributed by atoms with van der Waals surface area (Å²) in [4.78, 5) is 16.9. The molecule has 0 spiro atoms. The Morgan fingerprint density at radius 2 is 2.25 bits per heavy atom. The molecule has 0 fully saturated rings. The van der Waals surface area contributed by atoms with Crippen LogP contribution in [0.4, 0.5) is 0 Å². The summed E-state index contributed by atoms with van der Waals surface area (Å²) < 4.78 is 0.717. The van der Waals surface area contributed by atoms with E-state index in [2.05, 4.69) is 4.98 Å². The van der Waals surface area contributed by atoms with Gasteiger partial charge in [0, 0.05) is 29.3 Å². The normalized spacial score (nSPS) is 10.4. The van der Waals surface area contributed by atoms with Gasteiger partial charge in [0.25, 0.3) is 0 Å². The molecule has 2 rings (SSSR count). The van der Waals surface area contributed by atoms with Crippen LogP contribution in [0.25, 0.3) is 0 Å². The van der Waals surface area contributed by atoms with E-state index in [1.54, 1.807) is 18.5 Å². The van der Waals surface area contributed by atoms with E-state index in [1.165, 1.54) is 11.3 Å². The number of aromatic nitrogens is 1. The van der Waals surface area contributed by atoms with Gasteiger partial charge in [-0.15, -0.1) is 11.3 Å². The number of thiophene rings is 1. The van der Waals surface area contributed by atoms with Crippen molar-refractivity contribution in [2.45, 2.75) is 13.3 Å². The number of carbonyl (C=O) groups is 1. The minimum absolute atomic E-state index is 0.110. The van der Waals surface area contributed by atoms with E-state index in [-0.39, 0.29) is 5.78 Å². The predicted molar refractivity (Wildman–Crippen MR) is 66.3 cm³/mol. The average molecular weight is 252 g/mol. The first kappa shape index (κ1) is 11.3. The van der Waals surface area contributed by atoms with E-state index >= 15 is 0 Å². The van der Waals surface area contributed by atoms with E-state index in [0.29, 0.717) is 10.8 Å². The molecule has 4 heteroatoms. The van der Waals surface area contributed by atoms with Crippen molar-refractivity contribution in [1.82, 2.24) is 4.98 Å². The fourth-order valence-corrected chi connectivity index (χ4v) is 2.57. The summed E-state index contributed by atoms with van der Waals surface area (Å²) in [5.41, 5.74) is 1.65. The van der Waals surface area contributed by atoms with Crippen LogP contribution in [0.5, 0.6) is 0 Å². The second-order valence-corrected chi connectivity index (χ2v) is 5.30. The lowest BCUT2D eigenvalue weighted by Crippen LogP contribution is -2.04. The molecule has 0 aliphatic carbocycles. The Balaban J connectivity index is 2.18. The summed E-state index contributed by atoms with van der Waals surface area (Å²) in [6, 6.07) is 5.46. The van der Waals surface area contributed by atoms with Gasteiger partial charge in [-0.05, 0) is 30.7 Å². The number of hydrogen-bond donors (Lipinski definition) is 0. The minimum atomic E-state index is 0.110. The van der Waals surface area contributed by atoms with Crippen molar-refractivity contribution in [3.8, 4) is 0 Å². The van der Waals surface area contributed by atoms with Crippen LogP contribution >= 0.6 is 22.9 Å². The number of nitrogens with zero attached hydrogens (tertiary/aromatic N) is 1. The Hall–Kier alpha value is -1.19. The van der Waals surface area contributed by atoms with Gasteiger partial charge in [-0.3, -0.25) is 9.78 Å². The van der Waals surface area contributed by atoms with E-state index < -0.39 is 0 Å². The monoisotopic (exact) mass is 251 g/mol. The highest BCUT2D eigenvalue weighted by atomic mass is 35.5. The number of ketones is 1. The fourth-order valence-electron chi connectivity index (χ4n) is 1.49. The van der Waals surface area contributed by atoms with Crippen molar-refractivity contribution >= 4 is 28.7 Å². The molecule has 0 aliphatic rings. The summed E-state index contributed by atoms with van der Waals surface area (Å²) in [6.45, 7) is 1.89. The van der Waals surface area contributed by atoms with Gasteiger partial charge in [-0.25, -0.2) is 0 Å². The van der Waals surface area contributed by atoms with Crippen molar-refractivity contribution in [2.24, 2.45) is 0 Å². The summed E-state index contributed by atoms with van der Waals surface area (Å²) in [5, 5.41) is 0. The molecule has 0 bridgehead atoms. The number of aryl methyl sites for hydroxylation is 1. The van der Waals surface area contributed by atoms with Crippen LogP contribution in [-0.4, -0.2) is 10.8 Å². The smallest absolute Gasteiger partial charge is 0.168 e. The van der Waals surface area contributed by atoms with E-state index in [0.717, 1.165) is 16.0 Å². The third kappa shape index (κ3) is 2.49. The SMILES string of the molecule is Cc1cnccc1C(=O)Cc1ccc(Cl)s1. The van der Waals surface area contributed by atoms with Crippen LogP contribution in [0.2, 0.25) is 4.34 Å². The van der Waals surface area contributed by atoms with E-state index in [9.17, 15) is 4.79 Å². The number of rotatable bonds is 3. The van der Waals surface area contributed by atoms with Gasteiger partial charge in [0.15, 0.2) is 5.78 Å². The van der Waals surface area contributed by atoms with Crippen LogP contribution < -0.4 is 0 Å². The van der Waals surface area contributed by atoms with Crippen LogP contribution in [0.15, 0.2) is 30.6 Å². The maximum absolute atomic E-state index is 12.0. The van der Waals surface area contributed by atoms with Crippen molar-refractivity contribution in [1.29, 1.82) is 0 Å². The molecule has 2 aromatic rings. The zero-order chi connectivity index (χ0) is 11.5. The number of Topliss-reactive ketones (excluding diaryl/α,β-unsaturated/α-hetero) is 1. The molecule has 0 aliphatic heterocycles. The lowest BCUT2D eigenvalue weighted by Gasteiger charge is -2.02. The molecule has 0 atom stereocenters. The maximum atomic E-state index is 12.0. The van der Waals surface area contributed by atoms with Crippen molar-refractivity contribution in [3.63, 3.8) is 0 Å². The first-order valence-corrected chi connectivity index (χ1v) is 6.04. The van der Waals surface area contributed by atoms with Crippen LogP contribution in [0.1, 0.15) is 20.8 Å². The molecular weight excluding hydrogens is 242 g/mol. The number of halogens is 1. The number of hydrogen-bond acceptors (Lipinski definition) is 3. The Morgan fingerprint density at radius 3 is 2.88 bits per heavy atom. The van der Waals surface area contributed by atoms with Gasteiger partial charge >= 0.3 is 0 Å². The van der Waals surface area contributed by atoms with Gasteiger partial charge in [0.2, 0.25) is 0 Å². The average Bonchev–Trinajstić information content (AvgIpc) is 2.64. The Bertz CT molecular complexity index is 521. The van der Waals surface area contributed by atoms with E-state index in [4.69, 9.17) is 11.6 Å². The van der Waals surface area contributed by atoms with Crippen molar-refractivity contribution in [3.05, 3.63) is 50.9 Å². The molecule has 0 aromatic carbocycles. The topological polar surface area (TPSA) is 30.0 Å². The van der Waals surface area contributed by atoms with Gasteiger partial charge in [-0.2, -0.15) is 0 Å². The summed E-state index contributed by atoms with van der Waals surface area (Å²) in [5.74, 6) is 0.110. The minimum Gasteiger partial charge on any atom is -0.294 e. The predicted octanol–water partition coefficient (Wildman–Crippen LogP) is 3.53. The zero-order valence-corrected chi connectivity index (χ0v) is 10.3. The van der Waals surface area contributed by atoms with Crippen LogP contribution in [0.3, 0.4) is 0 Å². The fraction of sp³-hybridized carbons (Fsp3) is 0.167. The molecule has 0 amide bonds.